The minimum atomic E-state index is -0.508. The monoisotopic (exact) mass is 348 g/mol. The Balaban J connectivity index is 1.60. The van der Waals surface area contributed by atoms with Crippen molar-refractivity contribution >= 4 is 23.3 Å². The molecule has 2 aromatic carbocycles. The van der Waals surface area contributed by atoms with Crippen LogP contribution in [0.2, 0.25) is 0 Å². The summed E-state index contributed by atoms with van der Waals surface area (Å²) in [7, 11) is 0. The molecule has 4 aliphatic carbocycles. The Morgan fingerprint density at radius 3 is 2.41 bits per heavy atom. The van der Waals surface area contributed by atoms with Crippen LogP contribution in [0.1, 0.15) is 22.3 Å². The Morgan fingerprint density at radius 1 is 0.741 bits per heavy atom. The molecule has 1 unspecified atom stereocenters. The topological polar surface area (TPSA) is 40.5 Å². The summed E-state index contributed by atoms with van der Waals surface area (Å²) in [6.45, 7) is 0. The van der Waals surface area contributed by atoms with Crippen LogP contribution in [-0.4, -0.2) is 10.2 Å². The molecule has 128 valence electrons. The molecule has 4 aliphatic rings. The maximum Gasteiger partial charge on any atom is 0.116 e. The number of phenolic OH excluding ortho intramolecular Hbond substituents is 1. The van der Waals surface area contributed by atoms with Gasteiger partial charge in [0, 0.05) is 0 Å². The third-order valence-electron chi connectivity index (χ3n) is 5.94. The molecule has 0 fully saturated rings. The van der Waals surface area contributed by atoms with Crippen LogP contribution in [0.4, 0.5) is 0 Å². The molecule has 2 heteroatoms. The van der Waals surface area contributed by atoms with Crippen molar-refractivity contribution in [2.24, 2.45) is 5.41 Å². The second-order valence-electron chi connectivity index (χ2n) is 7.41. The molecule has 0 radical (unpaired) electrons. The van der Waals surface area contributed by atoms with Gasteiger partial charge in [0.2, 0.25) is 0 Å². The fourth-order valence-electron chi connectivity index (χ4n) is 4.79. The van der Waals surface area contributed by atoms with E-state index in [1.165, 1.54) is 11.1 Å². The van der Waals surface area contributed by atoms with Crippen LogP contribution in [0.25, 0.3) is 23.3 Å². The lowest BCUT2D eigenvalue weighted by Gasteiger charge is -2.37. The number of benzene rings is 2. The molecule has 0 saturated heterocycles. The quantitative estimate of drug-likeness (QED) is 0.644. The Labute approximate surface area is 157 Å². The van der Waals surface area contributed by atoms with Crippen LogP contribution in [0.15, 0.2) is 89.8 Å². The first-order chi connectivity index (χ1) is 13.2. The van der Waals surface area contributed by atoms with Crippen molar-refractivity contribution in [1.82, 2.24) is 0 Å². The normalized spacial score (nSPS) is 23.5. The Morgan fingerprint density at radius 2 is 1.52 bits per heavy atom. The predicted octanol–water partition coefficient (Wildman–Crippen LogP) is 5.66. The molecule has 0 saturated carbocycles. The van der Waals surface area contributed by atoms with Gasteiger partial charge in [-0.1, -0.05) is 48.6 Å². The third-order valence-corrected chi connectivity index (χ3v) is 5.94. The lowest BCUT2D eigenvalue weighted by Crippen LogP contribution is -2.25. The zero-order chi connectivity index (χ0) is 18.2. The summed E-state index contributed by atoms with van der Waals surface area (Å²) in [6.07, 6.45) is 14.5. The van der Waals surface area contributed by atoms with E-state index in [-0.39, 0.29) is 11.5 Å². The van der Waals surface area contributed by atoms with Crippen molar-refractivity contribution in [3.63, 3.8) is 0 Å². The first-order valence-corrected chi connectivity index (χ1v) is 9.07. The maximum absolute atomic E-state index is 10.6. The van der Waals surface area contributed by atoms with E-state index in [1.807, 2.05) is 36.4 Å². The average Bonchev–Trinajstić information content (AvgIpc) is 3.22. The van der Waals surface area contributed by atoms with Gasteiger partial charge in [0.15, 0.2) is 0 Å². The molecular weight excluding hydrogens is 332 g/mol. The molecule has 0 aliphatic heterocycles. The van der Waals surface area contributed by atoms with Crippen LogP contribution < -0.4 is 0 Å². The third kappa shape index (κ3) is 1.79. The van der Waals surface area contributed by atoms with Gasteiger partial charge in [-0.2, -0.15) is 0 Å². The van der Waals surface area contributed by atoms with E-state index < -0.39 is 5.41 Å². The van der Waals surface area contributed by atoms with Gasteiger partial charge < -0.3 is 10.2 Å². The lowest BCUT2D eigenvalue weighted by atomic mass is 9.65. The zero-order valence-electron chi connectivity index (χ0n) is 14.5. The molecule has 27 heavy (non-hydrogen) atoms. The summed E-state index contributed by atoms with van der Waals surface area (Å²) < 4.78 is 0. The Hall–Kier alpha value is -3.52. The standard InChI is InChI=1S/C25H16O2/c26-17-8-7-16-11-23-20(21(16)12-17)6-3-9-25(23)14-18(27)13-22-19-5-2-1-4-15(19)10-24(22)25/h1-14,26-27H. The number of hydrogen-bond acceptors (Lipinski definition) is 2. The Bertz CT molecular complexity index is 1230. The molecule has 1 atom stereocenters. The zero-order valence-corrected chi connectivity index (χ0v) is 14.5. The predicted molar refractivity (Wildman–Crippen MR) is 109 cm³/mol. The van der Waals surface area contributed by atoms with Crippen molar-refractivity contribution in [3.05, 3.63) is 112 Å². The minimum absolute atomic E-state index is 0.267. The number of aliphatic hydroxyl groups excluding tert-OH is 1. The summed E-state index contributed by atoms with van der Waals surface area (Å²) in [6, 6.07) is 13.8. The largest absolute Gasteiger partial charge is 0.508 e. The van der Waals surface area contributed by atoms with Crippen molar-refractivity contribution in [3.8, 4) is 5.75 Å². The van der Waals surface area contributed by atoms with Gasteiger partial charge in [0.1, 0.15) is 11.5 Å². The van der Waals surface area contributed by atoms with Crippen LogP contribution in [0.3, 0.4) is 0 Å². The number of hydrogen-bond donors (Lipinski definition) is 2. The number of aromatic hydroxyl groups is 1. The summed E-state index contributed by atoms with van der Waals surface area (Å²) in [5.74, 6) is 0.549. The smallest absolute Gasteiger partial charge is 0.116 e. The van der Waals surface area contributed by atoms with Crippen LogP contribution in [-0.2, 0) is 0 Å². The highest BCUT2D eigenvalue weighted by molar-refractivity contribution is 6.05. The molecule has 0 bridgehead atoms. The minimum Gasteiger partial charge on any atom is -0.508 e. The molecule has 2 aromatic rings. The van der Waals surface area contributed by atoms with E-state index in [4.69, 9.17) is 0 Å². The second kappa shape index (κ2) is 4.80. The maximum atomic E-state index is 10.6. The SMILES string of the molecule is OC1=CC2(C=CC=C3C2=Cc2ccc(O)cc23)C2=Cc3ccccc3C2=C1. The Kier molecular flexibility index (Phi) is 2.60. The average molecular weight is 348 g/mol. The van der Waals surface area contributed by atoms with Gasteiger partial charge in [0.05, 0.1) is 5.41 Å². The van der Waals surface area contributed by atoms with Gasteiger partial charge in [-0.25, -0.2) is 0 Å². The van der Waals surface area contributed by atoms with Gasteiger partial charge in [0.25, 0.3) is 0 Å². The van der Waals surface area contributed by atoms with Gasteiger partial charge >= 0.3 is 0 Å². The first kappa shape index (κ1) is 14.6. The molecule has 0 heterocycles. The van der Waals surface area contributed by atoms with Gasteiger partial charge in [-0.05, 0) is 81.0 Å². The summed E-state index contributed by atoms with van der Waals surface area (Å²) in [5, 5.41) is 20.6. The fourth-order valence-corrected chi connectivity index (χ4v) is 4.79. The van der Waals surface area contributed by atoms with Gasteiger partial charge in [-0.15, -0.1) is 0 Å². The van der Waals surface area contributed by atoms with E-state index in [1.54, 1.807) is 6.07 Å². The van der Waals surface area contributed by atoms with Crippen molar-refractivity contribution in [2.45, 2.75) is 0 Å². The highest BCUT2D eigenvalue weighted by Gasteiger charge is 2.45. The summed E-state index contributed by atoms with van der Waals surface area (Å²) in [4.78, 5) is 0. The molecule has 2 nitrogen and oxygen atoms in total. The lowest BCUT2D eigenvalue weighted by molar-refractivity contribution is 0.421. The van der Waals surface area contributed by atoms with Crippen LogP contribution in [0.5, 0.6) is 5.75 Å². The van der Waals surface area contributed by atoms with Crippen LogP contribution in [0, 0.1) is 5.41 Å². The fraction of sp³-hybridized carbons (Fsp3) is 0.0400. The van der Waals surface area contributed by atoms with E-state index in [0.717, 1.165) is 33.4 Å². The van der Waals surface area contributed by atoms with E-state index in [9.17, 15) is 10.2 Å². The van der Waals surface area contributed by atoms with Crippen molar-refractivity contribution < 1.29 is 10.2 Å². The number of aliphatic hydroxyl groups is 1. The molecule has 6 rings (SSSR count). The molecular formula is C25H16O2. The summed E-state index contributed by atoms with van der Waals surface area (Å²) >= 11 is 0. The highest BCUT2D eigenvalue weighted by Crippen LogP contribution is 2.59. The second-order valence-corrected chi connectivity index (χ2v) is 7.41. The molecule has 0 amide bonds. The molecule has 1 spiro atoms. The number of fused-ring (bicyclic) bond motifs is 8. The number of rotatable bonds is 0. The molecule has 0 aromatic heterocycles. The number of allylic oxidation sites excluding steroid dienone is 9. The highest BCUT2D eigenvalue weighted by atomic mass is 16.3. The first-order valence-electron chi connectivity index (χ1n) is 9.07. The van der Waals surface area contributed by atoms with Crippen molar-refractivity contribution in [2.75, 3.05) is 0 Å². The number of phenols is 1. The summed E-state index contributed by atoms with van der Waals surface area (Å²) in [5.41, 5.74) is 8.47. The van der Waals surface area contributed by atoms with E-state index >= 15 is 0 Å². The van der Waals surface area contributed by atoms with Crippen molar-refractivity contribution in [1.29, 1.82) is 0 Å². The van der Waals surface area contributed by atoms with E-state index in [0.29, 0.717) is 0 Å². The van der Waals surface area contributed by atoms with Gasteiger partial charge in [-0.3, -0.25) is 0 Å². The van der Waals surface area contributed by atoms with Crippen LogP contribution >= 0.6 is 0 Å². The van der Waals surface area contributed by atoms with E-state index in [2.05, 4.69) is 42.5 Å². The molecule has 2 N–H and O–H groups in total.